The Hall–Kier alpha value is -2.15. The quantitative estimate of drug-likeness (QED) is 0.916. The first-order valence-electron chi connectivity index (χ1n) is 6.07. The van der Waals surface area contributed by atoms with Gasteiger partial charge in [-0.05, 0) is 18.6 Å². The van der Waals surface area contributed by atoms with Crippen molar-refractivity contribution in [1.82, 2.24) is 14.5 Å². The van der Waals surface area contributed by atoms with Crippen LogP contribution in [0, 0.1) is 0 Å². The molecule has 0 saturated heterocycles. The number of carbonyl (C=O) groups is 1. The molecule has 0 fully saturated rings. The van der Waals surface area contributed by atoms with Crippen molar-refractivity contribution in [3.63, 3.8) is 0 Å². The van der Waals surface area contributed by atoms with Gasteiger partial charge in [-0.1, -0.05) is 25.1 Å². The van der Waals surface area contributed by atoms with Crippen LogP contribution < -0.4 is 4.72 Å². The monoisotopic (exact) mass is 293 g/mol. The lowest BCUT2D eigenvalue weighted by molar-refractivity contribution is 0.0981. The second kappa shape index (κ2) is 5.46. The Bertz CT molecular complexity index is 721. The molecule has 1 N–H and O–H groups in total. The smallest absolute Gasteiger partial charge is 0.268 e. The van der Waals surface area contributed by atoms with E-state index in [1.54, 1.807) is 4.68 Å². The van der Waals surface area contributed by atoms with Gasteiger partial charge in [0.15, 0.2) is 0 Å². The standard InChI is InChI=1S/C13H15N3O3S/c1-3-12-11(13(17)15-20(2,18)19)9-14-16(12)10-7-5-4-6-8-10/h4-9H,3H2,1-2H3,(H,15,17). The highest BCUT2D eigenvalue weighted by atomic mass is 32.2. The van der Waals surface area contributed by atoms with E-state index in [9.17, 15) is 13.2 Å². The van der Waals surface area contributed by atoms with Crippen LogP contribution in [0.3, 0.4) is 0 Å². The van der Waals surface area contributed by atoms with Gasteiger partial charge >= 0.3 is 0 Å². The van der Waals surface area contributed by atoms with Gasteiger partial charge in [-0.25, -0.2) is 17.8 Å². The van der Waals surface area contributed by atoms with Crippen LogP contribution in [0.2, 0.25) is 0 Å². The molecule has 1 aromatic carbocycles. The molecule has 0 bridgehead atoms. The molecule has 1 amide bonds. The Balaban J connectivity index is 2.43. The summed E-state index contributed by atoms with van der Waals surface area (Å²) in [5.41, 5.74) is 1.75. The predicted octanol–water partition coefficient (Wildman–Crippen LogP) is 1.12. The Morgan fingerprint density at radius 3 is 2.50 bits per heavy atom. The van der Waals surface area contributed by atoms with Crippen molar-refractivity contribution < 1.29 is 13.2 Å². The molecule has 7 heteroatoms. The number of nitrogens with zero attached hydrogens (tertiary/aromatic N) is 2. The summed E-state index contributed by atoms with van der Waals surface area (Å²) < 4.78 is 25.9. The van der Waals surface area contributed by atoms with Gasteiger partial charge in [-0.2, -0.15) is 5.10 Å². The number of benzene rings is 1. The SMILES string of the molecule is CCc1c(C(=O)NS(C)(=O)=O)cnn1-c1ccccc1. The maximum absolute atomic E-state index is 11.9. The fourth-order valence-corrected chi connectivity index (χ4v) is 2.37. The van der Waals surface area contributed by atoms with E-state index in [-0.39, 0.29) is 5.56 Å². The first kappa shape index (κ1) is 14.3. The Morgan fingerprint density at radius 2 is 1.95 bits per heavy atom. The van der Waals surface area contributed by atoms with Crippen LogP contribution in [0.4, 0.5) is 0 Å². The van der Waals surface area contributed by atoms with E-state index < -0.39 is 15.9 Å². The summed E-state index contributed by atoms with van der Waals surface area (Å²) in [5, 5.41) is 4.17. The number of rotatable bonds is 4. The van der Waals surface area contributed by atoms with Crippen molar-refractivity contribution in [2.75, 3.05) is 6.26 Å². The van der Waals surface area contributed by atoms with Gasteiger partial charge < -0.3 is 0 Å². The zero-order valence-corrected chi connectivity index (χ0v) is 12.0. The highest BCUT2D eigenvalue weighted by molar-refractivity contribution is 7.89. The summed E-state index contributed by atoms with van der Waals surface area (Å²) in [6.45, 7) is 1.88. The van der Waals surface area contributed by atoms with Crippen molar-refractivity contribution in [2.24, 2.45) is 0 Å². The maximum atomic E-state index is 11.9. The number of hydrogen-bond donors (Lipinski definition) is 1. The summed E-state index contributed by atoms with van der Waals surface area (Å²) in [5.74, 6) is -0.661. The molecule has 0 aliphatic carbocycles. The summed E-state index contributed by atoms with van der Waals surface area (Å²) in [6, 6.07) is 9.35. The van der Waals surface area contributed by atoms with Gasteiger partial charge in [0.25, 0.3) is 5.91 Å². The zero-order chi connectivity index (χ0) is 14.8. The first-order valence-corrected chi connectivity index (χ1v) is 7.96. The number of amides is 1. The fraction of sp³-hybridized carbons (Fsp3) is 0.231. The summed E-state index contributed by atoms with van der Waals surface area (Å²) in [6.07, 6.45) is 2.88. The molecule has 0 saturated carbocycles. The van der Waals surface area contributed by atoms with Crippen molar-refractivity contribution in [3.05, 3.63) is 47.8 Å². The van der Waals surface area contributed by atoms with Crippen LogP contribution in [0.15, 0.2) is 36.5 Å². The first-order chi connectivity index (χ1) is 9.42. The van der Waals surface area contributed by atoms with Crippen LogP contribution in [-0.2, 0) is 16.4 Å². The van der Waals surface area contributed by atoms with E-state index in [0.29, 0.717) is 12.1 Å². The van der Waals surface area contributed by atoms with Crippen molar-refractivity contribution >= 4 is 15.9 Å². The fourth-order valence-electron chi connectivity index (χ4n) is 1.92. The molecule has 1 heterocycles. The number of sulfonamides is 1. The van der Waals surface area contributed by atoms with Gasteiger partial charge in [0.05, 0.1) is 29.4 Å². The number of para-hydroxylation sites is 1. The Morgan fingerprint density at radius 1 is 1.30 bits per heavy atom. The third-order valence-electron chi connectivity index (χ3n) is 2.73. The maximum Gasteiger partial charge on any atom is 0.268 e. The van der Waals surface area contributed by atoms with Gasteiger partial charge in [0.2, 0.25) is 10.0 Å². The number of nitrogens with one attached hydrogen (secondary N) is 1. The number of carbonyl (C=O) groups excluding carboxylic acids is 1. The minimum atomic E-state index is -3.59. The largest absolute Gasteiger partial charge is 0.268 e. The lowest BCUT2D eigenvalue weighted by Crippen LogP contribution is -2.29. The molecule has 0 unspecified atom stereocenters. The molecule has 0 radical (unpaired) electrons. The van der Waals surface area contributed by atoms with Crippen LogP contribution in [-0.4, -0.2) is 30.4 Å². The molecule has 0 aliphatic rings. The average Bonchev–Trinajstić information content (AvgIpc) is 2.81. The summed E-state index contributed by atoms with van der Waals surface area (Å²) in [7, 11) is -3.59. The van der Waals surface area contributed by atoms with Gasteiger partial charge in [0, 0.05) is 0 Å². The summed E-state index contributed by atoms with van der Waals surface area (Å²) >= 11 is 0. The molecule has 0 spiro atoms. The second-order valence-electron chi connectivity index (χ2n) is 4.31. The molecule has 1 aromatic heterocycles. The van der Waals surface area contributed by atoms with Crippen LogP contribution >= 0.6 is 0 Å². The molecular formula is C13H15N3O3S. The Labute approximate surface area is 117 Å². The van der Waals surface area contributed by atoms with E-state index in [0.717, 1.165) is 11.9 Å². The average molecular weight is 293 g/mol. The molecule has 20 heavy (non-hydrogen) atoms. The molecule has 106 valence electrons. The lowest BCUT2D eigenvalue weighted by atomic mass is 10.2. The van der Waals surface area contributed by atoms with E-state index in [1.165, 1.54) is 6.20 Å². The molecule has 6 nitrogen and oxygen atoms in total. The highest BCUT2D eigenvalue weighted by Gasteiger charge is 2.19. The van der Waals surface area contributed by atoms with E-state index in [2.05, 4.69) is 5.10 Å². The minimum Gasteiger partial charge on any atom is -0.268 e. The van der Waals surface area contributed by atoms with Gasteiger partial charge in [-0.15, -0.1) is 0 Å². The third kappa shape index (κ3) is 3.05. The number of hydrogen-bond acceptors (Lipinski definition) is 4. The van der Waals surface area contributed by atoms with E-state index >= 15 is 0 Å². The molecule has 2 rings (SSSR count). The van der Waals surface area contributed by atoms with Crippen molar-refractivity contribution in [2.45, 2.75) is 13.3 Å². The molecule has 2 aromatic rings. The van der Waals surface area contributed by atoms with Gasteiger partial charge in [0.1, 0.15) is 0 Å². The number of aromatic nitrogens is 2. The topological polar surface area (TPSA) is 81.1 Å². The Kier molecular flexibility index (Phi) is 3.89. The van der Waals surface area contributed by atoms with E-state index in [4.69, 9.17) is 0 Å². The lowest BCUT2D eigenvalue weighted by Gasteiger charge is -2.07. The van der Waals surface area contributed by atoms with Crippen molar-refractivity contribution in [3.8, 4) is 5.69 Å². The van der Waals surface area contributed by atoms with Crippen LogP contribution in [0.1, 0.15) is 23.0 Å². The normalized spacial score (nSPS) is 11.3. The molecular weight excluding hydrogens is 278 g/mol. The second-order valence-corrected chi connectivity index (χ2v) is 6.06. The molecule has 0 aliphatic heterocycles. The van der Waals surface area contributed by atoms with Crippen LogP contribution in [0.5, 0.6) is 0 Å². The minimum absolute atomic E-state index is 0.266. The summed E-state index contributed by atoms with van der Waals surface area (Å²) in [4.78, 5) is 11.9. The van der Waals surface area contributed by atoms with Crippen LogP contribution in [0.25, 0.3) is 5.69 Å². The van der Waals surface area contributed by atoms with E-state index in [1.807, 2.05) is 42.0 Å². The third-order valence-corrected chi connectivity index (χ3v) is 3.28. The molecule has 0 atom stereocenters. The highest BCUT2D eigenvalue weighted by Crippen LogP contribution is 2.15. The van der Waals surface area contributed by atoms with Crippen molar-refractivity contribution in [1.29, 1.82) is 0 Å². The zero-order valence-electron chi connectivity index (χ0n) is 11.2. The predicted molar refractivity (Wildman–Crippen MR) is 75.3 cm³/mol. The van der Waals surface area contributed by atoms with Gasteiger partial charge in [-0.3, -0.25) is 4.79 Å².